The van der Waals surface area contributed by atoms with E-state index in [2.05, 4.69) is 108 Å². The summed E-state index contributed by atoms with van der Waals surface area (Å²) in [5, 5.41) is 15.5. The van der Waals surface area contributed by atoms with Crippen molar-refractivity contribution < 1.29 is 19.1 Å². The van der Waals surface area contributed by atoms with Gasteiger partial charge in [-0.3, -0.25) is 9.59 Å². The molecule has 0 spiro atoms. The average molecular weight is 851 g/mol. The van der Waals surface area contributed by atoms with Crippen molar-refractivity contribution in [3.05, 3.63) is 198 Å². The van der Waals surface area contributed by atoms with Crippen LogP contribution in [0.4, 0.5) is 10.5 Å². The largest absolute Gasteiger partial charge is 0.444 e. The molecule has 0 saturated carbocycles. The van der Waals surface area contributed by atoms with Gasteiger partial charge in [0.05, 0.1) is 12.7 Å². The fourth-order valence-corrected chi connectivity index (χ4v) is 8.70. The van der Waals surface area contributed by atoms with E-state index in [4.69, 9.17) is 15.0 Å². The van der Waals surface area contributed by atoms with Gasteiger partial charge in [0.2, 0.25) is 11.8 Å². The van der Waals surface area contributed by atoms with E-state index in [1.807, 2.05) is 77.6 Å². The third-order valence-electron chi connectivity index (χ3n) is 11.5. The van der Waals surface area contributed by atoms with Crippen molar-refractivity contribution in [2.45, 2.75) is 83.1 Å². The third-order valence-corrected chi connectivity index (χ3v) is 11.5. The Bertz CT molecular complexity index is 2630. The van der Waals surface area contributed by atoms with Crippen molar-refractivity contribution in [3.63, 3.8) is 0 Å². The summed E-state index contributed by atoms with van der Waals surface area (Å²) in [6, 6.07) is 54.9. The minimum Gasteiger partial charge on any atom is -0.444 e. The van der Waals surface area contributed by atoms with Gasteiger partial charge in [0.1, 0.15) is 22.9 Å². The van der Waals surface area contributed by atoms with Gasteiger partial charge in [0, 0.05) is 23.2 Å². The molecule has 1 aliphatic heterocycles. The molecule has 324 valence electrons. The molecule has 0 bridgehead atoms. The fraction of sp³-hybridized carbons (Fsp3) is 0.241. The van der Waals surface area contributed by atoms with E-state index < -0.39 is 28.8 Å². The summed E-state index contributed by atoms with van der Waals surface area (Å²) in [6.07, 6.45) is 2.47. The number of hydrogen-bond donors (Lipinski definition) is 2. The number of aromatic nitrogens is 3. The van der Waals surface area contributed by atoms with Gasteiger partial charge in [-0.05, 0) is 92.5 Å². The van der Waals surface area contributed by atoms with Gasteiger partial charge < -0.3 is 20.3 Å². The van der Waals surface area contributed by atoms with E-state index in [1.165, 1.54) is 0 Å². The molecule has 1 aliphatic rings. The summed E-state index contributed by atoms with van der Waals surface area (Å²) in [5.41, 5.74) is 7.24. The van der Waals surface area contributed by atoms with Gasteiger partial charge in [0.15, 0.2) is 0 Å². The monoisotopic (exact) mass is 850 g/mol. The van der Waals surface area contributed by atoms with Crippen molar-refractivity contribution in [1.82, 2.24) is 25.6 Å². The number of carbonyl (C=O) groups is 3. The van der Waals surface area contributed by atoms with Gasteiger partial charge >= 0.3 is 6.09 Å². The second-order valence-electron chi connectivity index (χ2n) is 18.0. The number of rotatable bonds is 12. The second kappa shape index (κ2) is 18.2. The highest BCUT2D eigenvalue weighted by Crippen LogP contribution is 2.41. The fourth-order valence-electron chi connectivity index (χ4n) is 8.70. The van der Waals surface area contributed by atoms with Crippen molar-refractivity contribution >= 4 is 23.6 Å². The highest BCUT2D eigenvalue weighted by molar-refractivity contribution is 6.00. The molecule has 10 heteroatoms. The standard InChI is InChI=1S/C54H54N6O4/c1-52(2,3)64-51(63)56-53(4,5)35-49(61)55-46-34-33-40-19-15-18-28-48(40)59(50(46)62)36-38-29-31-39(32-30-38)44-26-16-17-27-45(44)47-37-60(58-57-47)54(41-20-9-6-10-21-41,42-22-11-7-12-23-42)43-24-13-8-14-25-43/h6-32,37,46H,33-36H2,1-5H3,(H,55,61)(H,56,63)/t46-/m1/s1. The molecule has 1 aromatic heterocycles. The van der Waals surface area contributed by atoms with E-state index in [9.17, 15) is 14.4 Å². The lowest BCUT2D eigenvalue weighted by molar-refractivity contribution is -0.128. The number of amides is 3. The van der Waals surface area contributed by atoms with Gasteiger partial charge in [-0.25, -0.2) is 9.48 Å². The van der Waals surface area contributed by atoms with E-state index >= 15 is 0 Å². The van der Waals surface area contributed by atoms with Crippen LogP contribution in [-0.2, 0) is 32.8 Å². The molecule has 2 heterocycles. The summed E-state index contributed by atoms with van der Waals surface area (Å²) < 4.78 is 7.39. The quantitative estimate of drug-likeness (QED) is 0.118. The van der Waals surface area contributed by atoms with Crippen molar-refractivity contribution in [1.29, 1.82) is 0 Å². The molecule has 0 unspecified atom stereocenters. The number of carbonyl (C=O) groups excluding carboxylic acids is 3. The Balaban J connectivity index is 1.06. The van der Waals surface area contributed by atoms with E-state index in [0.29, 0.717) is 19.4 Å². The number of alkyl carbamates (subject to hydrolysis) is 1. The Morgan fingerprint density at radius 1 is 0.688 bits per heavy atom. The van der Waals surface area contributed by atoms with Crippen LogP contribution in [0.5, 0.6) is 0 Å². The predicted molar refractivity (Wildman–Crippen MR) is 251 cm³/mol. The molecule has 64 heavy (non-hydrogen) atoms. The zero-order chi connectivity index (χ0) is 44.9. The maximum absolute atomic E-state index is 14.4. The lowest BCUT2D eigenvalue weighted by atomic mass is 9.77. The molecule has 0 fully saturated rings. The minimum atomic E-state index is -0.906. The van der Waals surface area contributed by atoms with Crippen molar-refractivity contribution in [2.24, 2.45) is 0 Å². The first kappa shape index (κ1) is 43.3. The number of ether oxygens (including phenoxy) is 1. The number of benzene rings is 6. The summed E-state index contributed by atoms with van der Waals surface area (Å²) in [6.45, 7) is 9.18. The number of aryl methyl sites for hydroxylation is 1. The number of hydrogen-bond acceptors (Lipinski definition) is 6. The topological polar surface area (TPSA) is 118 Å². The summed E-state index contributed by atoms with van der Waals surface area (Å²) >= 11 is 0. The molecule has 0 radical (unpaired) electrons. The Kier molecular flexibility index (Phi) is 12.3. The number of para-hydroxylation sites is 1. The van der Waals surface area contributed by atoms with Gasteiger partial charge in [-0.15, -0.1) is 5.10 Å². The molecule has 0 aliphatic carbocycles. The molecule has 10 nitrogen and oxygen atoms in total. The SMILES string of the molecule is CC(C)(CC(=O)N[C@@H]1CCc2ccccc2N(Cc2ccc(-c3ccccc3-c3cn(C(c4ccccc4)(c4ccccc4)c4ccccc4)nn3)cc2)C1=O)NC(=O)OC(C)(C)C. The average Bonchev–Trinajstić information content (AvgIpc) is 3.73. The molecule has 7 aromatic rings. The van der Waals surface area contributed by atoms with Crippen LogP contribution in [0.15, 0.2) is 170 Å². The lowest BCUT2D eigenvalue weighted by Gasteiger charge is -2.35. The molecular formula is C54H54N6O4. The molecule has 2 N–H and O–H groups in total. The molecule has 3 amide bonds. The molecule has 0 saturated heterocycles. The number of anilines is 1. The maximum Gasteiger partial charge on any atom is 0.408 e. The van der Waals surface area contributed by atoms with E-state index in [1.54, 1.807) is 39.5 Å². The number of nitrogens with one attached hydrogen (secondary N) is 2. The normalized spacial score (nSPS) is 14.3. The predicted octanol–water partition coefficient (Wildman–Crippen LogP) is 10.1. The van der Waals surface area contributed by atoms with Crippen molar-refractivity contribution in [2.75, 3.05) is 4.90 Å². The van der Waals surface area contributed by atoms with Crippen LogP contribution in [0.1, 0.15) is 75.3 Å². The lowest BCUT2D eigenvalue weighted by Crippen LogP contribution is -2.52. The first-order valence-electron chi connectivity index (χ1n) is 21.8. The molecular weight excluding hydrogens is 797 g/mol. The van der Waals surface area contributed by atoms with Crippen LogP contribution in [0, 0.1) is 0 Å². The van der Waals surface area contributed by atoms with Gasteiger partial charge in [0.25, 0.3) is 0 Å². The van der Waals surface area contributed by atoms with Crippen LogP contribution < -0.4 is 15.5 Å². The zero-order valence-corrected chi connectivity index (χ0v) is 37.0. The smallest absolute Gasteiger partial charge is 0.408 e. The number of fused-ring (bicyclic) bond motifs is 1. The Hall–Kier alpha value is -7.33. The highest BCUT2D eigenvalue weighted by atomic mass is 16.6. The first-order chi connectivity index (χ1) is 30.8. The Labute approximate surface area is 375 Å². The minimum absolute atomic E-state index is 0.0316. The molecule has 8 rings (SSSR count). The van der Waals surface area contributed by atoms with Crippen molar-refractivity contribution in [3.8, 4) is 22.4 Å². The van der Waals surface area contributed by atoms with Crippen LogP contribution in [0.2, 0.25) is 0 Å². The van der Waals surface area contributed by atoms with Gasteiger partial charge in [-0.1, -0.05) is 163 Å². The second-order valence-corrected chi connectivity index (χ2v) is 18.0. The Morgan fingerprint density at radius 2 is 1.23 bits per heavy atom. The Morgan fingerprint density at radius 3 is 1.83 bits per heavy atom. The maximum atomic E-state index is 14.4. The van der Waals surface area contributed by atoms with Gasteiger partial charge in [-0.2, -0.15) is 0 Å². The van der Waals surface area contributed by atoms with E-state index in [0.717, 1.165) is 55.9 Å². The van der Waals surface area contributed by atoms with Crippen LogP contribution in [0.25, 0.3) is 22.4 Å². The first-order valence-corrected chi connectivity index (χ1v) is 21.8. The zero-order valence-electron chi connectivity index (χ0n) is 37.0. The third kappa shape index (κ3) is 9.37. The molecule has 1 atom stereocenters. The molecule has 6 aromatic carbocycles. The van der Waals surface area contributed by atoms with E-state index in [-0.39, 0.29) is 18.2 Å². The summed E-state index contributed by atoms with van der Waals surface area (Å²) in [7, 11) is 0. The van der Waals surface area contributed by atoms with Crippen LogP contribution in [-0.4, -0.2) is 50.1 Å². The summed E-state index contributed by atoms with van der Waals surface area (Å²) in [5.74, 6) is -0.523. The summed E-state index contributed by atoms with van der Waals surface area (Å²) in [4.78, 5) is 42.1. The van der Waals surface area contributed by atoms with Crippen LogP contribution >= 0.6 is 0 Å². The highest BCUT2D eigenvalue weighted by Gasteiger charge is 2.40. The van der Waals surface area contributed by atoms with Crippen LogP contribution in [0.3, 0.4) is 0 Å². The number of nitrogens with zero attached hydrogens (tertiary/aromatic N) is 4.